The molecule has 1 saturated heterocycles. The molecule has 2 atom stereocenters. The van der Waals surface area contributed by atoms with E-state index in [1.807, 2.05) is 30.3 Å². The molecule has 2 unspecified atom stereocenters. The Balaban J connectivity index is 1.89. The van der Waals surface area contributed by atoms with Gasteiger partial charge in [-0.05, 0) is 11.1 Å². The Kier molecular flexibility index (Phi) is 4.93. The number of ether oxygens (including phenoxy) is 1. The van der Waals surface area contributed by atoms with Crippen molar-refractivity contribution >= 4 is 18.7 Å². The number of rotatable bonds is 4. The lowest BCUT2D eigenvalue weighted by molar-refractivity contribution is 0.0939. The van der Waals surface area contributed by atoms with Crippen molar-refractivity contribution in [3.63, 3.8) is 0 Å². The van der Waals surface area contributed by atoms with Crippen LogP contribution < -0.4 is 0 Å². The molecule has 2 rings (SSSR count). The van der Waals surface area contributed by atoms with E-state index in [-0.39, 0.29) is 26.1 Å². The van der Waals surface area contributed by atoms with Crippen molar-refractivity contribution in [1.29, 1.82) is 0 Å². The summed E-state index contributed by atoms with van der Waals surface area (Å²) in [5.41, 5.74) is 7.38. The van der Waals surface area contributed by atoms with Gasteiger partial charge in [0.05, 0.1) is 6.54 Å². The highest BCUT2D eigenvalue weighted by Crippen LogP contribution is 2.33. The van der Waals surface area contributed by atoms with Crippen LogP contribution in [0.2, 0.25) is 0 Å². The minimum atomic E-state index is -1.82. The Morgan fingerprint density at radius 3 is 2.95 bits per heavy atom. The van der Waals surface area contributed by atoms with Crippen molar-refractivity contribution in [2.75, 3.05) is 13.1 Å². The van der Waals surface area contributed by atoms with Crippen LogP contribution in [0.25, 0.3) is 10.4 Å². The van der Waals surface area contributed by atoms with Gasteiger partial charge >= 0.3 is 6.09 Å². The minimum absolute atomic E-state index is 0.0701. The Labute approximate surface area is 126 Å². The first-order valence-corrected chi connectivity index (χ1v) is 6.93. The lowest BCUT2D eigenvalue weighted by atomic mass is 10.1. The summed E-state index contributed by atoms with van der Waals surface area (Å²) < 4.78 is 19.6. The average Bonchev–Trinajstić information content (AvgIpc) is 2.90. The zero-order chi connectivity index (χ0) is 15.3. The SMILES string of the molecule is [N-]=[N+]=NC(S)C1(F)CCN(C(=O)OCc2ccccc2)C1. The lowest BCUT2D eigenvalue weighted by Gasteiger charge is -2.23. The van der Waals surface area contributed by atoms with Gasteiger partial charge in [0.1, 0.15) is 17.6 Å². The Morgan fingerprint density at radius 1 is 1.57 bits per heavy atom. The second-order valence-corrected chi connectivity index (χ2v) is 5.31. The molecule has 1 amide bonds. The maximum absolute atomic E-state index is 14.5. The van der Waals surface area contributed by atoms with E-state index in [9.17, 15) is 9.18 Å². The number of hydrogen-bond acceptors (Lipinski definition) is 4. The highest BCUT2D eigenvalue weighted by Gasteiger charge is 2.45. The van der Waals surface area contributed by atoms with Gasteiger partial charge < -0.3 is 9.64 Å². The van der Waals surface area contributed by atoms with Crippen LogP contribution in [-0.2, 0) is 11.3 Å². The summed E-state index contributed by atoms with van der Waals surface area (Å²) in [6.07, 6.45) is -0.513. The molecule has 6 nitrogen and oxygen atoms in total. The van der Waals surface area contributed by atoms with Gasteiger partial charge in [0.2, 0.25) is 0 Å². The van der Waals surface area contributed by atoms with E-state index in [2.05, 4.69) is 22.7 Å². The van der Waals surface area contributed by atoms with Crippen molar-refractivity contribution in [3.05, 3.63) is 46.3 Å². The highest BCUT2D eigenvalue weighted by atomic mass is 32.1. The van der Waals surface area contributed by atoms with E-state index in [0.29, 0.717) is 0 Å². The molecule has 21 heavy (non-hydrogen) atoms. The van der Waals surface area contributed by atoms with E-state index in [1.54, 1.807) is 0 Å². The van der Waals surface area contributed by atoms with E-state index in [1.165, 1.54) is 4.90 Å². The zero-order valence-corrected chi connectivity index (χ0v) is 12.1. The Bertz CT molecular complexity index is 552. The summed E-state index contributed by atoms with van der Waals surface area (Å²) in [6.45, 7) is 0.159. The number of halogens is 1. The fraction of sp³-hybridized carbons (Fsp3) is 0.462. The van der Waals surface area contributed by atoms with Crippen LogP contribution in [0, 0.1) is 0 Å². The molecule has 1 aliphatic rings. The molecule has 0 spiro atoms. The summed E-state index contributed by atoms with van der Waals surface area (Å²) in [5, 5.41) is 2.14. The van der Waals surface area contributed by atoms with Gasteiger partial charge in [-0.15, -0.1) is 0 Å². The first-order valence-electron chi connectivity index (χ1n) is 6.42. The van der Waals surface area contributed by atoms with E-state index in [0.717, 1.165) is 5.56 Å². The number of alkyl halides is 1. The number of thiol groups is 1. The molecule has 1 fully saturated rings. The topological polar surface area (TPSA) is 78.3 Å². The predicted molar refractivity (Wildman–Crippen MR) is 78.6 cm³/mol. The fourth-order valence-corrected chi connectivity index (χ4v) is 2.38. The molecular weight excluding hydrogens is 295 g/mol. The average molecular weight is 310 g/mol. The third-order valence-corrected chi connectivity index (χ3v) is 3.90. The van der Waals surface area contributed by atoms with Gasteiger partial charge in [0.15, 0.2) is 0 Å². The number of carbonyl (C=O) groups excluding carboxylic acids is 1. The molecule has 0 radical (unpaired) electrons. The van der Waals surface area contributed by atoms with Gasteiger partial charge in [0.25, 0.3) is 0 Å². The van der Waals surface area contributed by atoms with Crippen molar-refractivity contribution in [1.82, 2.24) is 4.90 Å². The standard InChI is InChI=1S/C13H15FN4O2S/c14-13(11(21)16-17-15)6-7-18(9-13)12(19)20-8-10-4-2-1-3-5-10/h1-5,11,21H,6-9H2. The third-order valence-electron chi connectivity index (χ3n) is 3.34. The number of benzene rings is 1. The molecule has 0 bridgehead atoms. The second kappa shape index (κ2) is 6.69. The molecule has 1 aliphatic heterocycles. The maximum atomic E-state index is 14.5. The highest BCUT2D eigenvalue weighted by molar-refractivity contribution is 7.81. The van der Waals surface area contributed by atoms with Crippen LogP contribution in [-0.4, -0.2) is 35.1 Å². The molecule has 0 aromatic heterocycles. The summed E-state index contributed by atoms with van der Waals surface area (Å²) in [4.78, 5) is 15.7. The molecule has 1 aromatic carbocycles. The van der Waals surface area contributed by atoms with Crippen LogP contribution in [0.5, 0.6) is 0 Å². The predicted octanol–water partition coefficient (Wildman–Crippen LogP) is 3.30. The van der Waals surface area contributed by atoms with Crippen molar-refractivity contribution < 1.29 is 13.9 Å². The first-order chi connectivity index (χ1) is 10.0. The number of azide groups is 1. The quantitative estimate of drug-likeness (QED) is 0.401. The Morgan fingerprint density at radius 2 is 2.29 bits per heavy atom. The van der Waals surface area contributed by atoms with Gasteiger partial charge in [-0.1, -0.05) is 35.4 Å². The minimum Gasteiger partial charge on any atom is -0.445 e. The normalized spacial score (nSPS) is 22.5. The van der Waals surface area contributed by atoms with E-state index >= 15 is 0 Å². The number of hydrogen-bond donors (Lipinski definition) is 1. The summed E-state index contributed by atoms with van der Waals surface area (Å²) >= 11 is 3.94. The van der Waals surface area contributed by atoms with Crippen LogP contribution in [0.15, 0.2) is 35.4 Å². The second-order valence-electron chi connectivity index (χ2n) is 4.82. The van der Waals surface area contributed by atoms with E-state index < -0.39 is 17.1 Å². The third kappa shape index (κ3) is 3.80. The van der Waals surface area contributed by atoms with Crippen LogP contribution >= 0.6 is 12.6 Å². The van der Waals surface area contributed by atoms with Gasteiger partial charge in [-0.25, -0.2) is 9.18 Å². The lowest BCUT2D eigenvalue weighted by Crippen LogP contribution is -2.38. The molecule has 1 heterocycles. The van der Waals surface area contributed by atoms with Gasteiger partial charge in [-0.2, -0.15) is 12.6 Å². The number of nitrogens with zero attached hydrogens (tertiary/aromatic N) is 4. The van der Waals surface area contributed by atoms with Crippen LogP contribution in [0.4, 0.5) is 9.18 Å². The maximum Gasteiger partial charge on any atom is 0.410 e. The molecule has 1 aromatic rings. The summed E-state index contributed by atoms with van der Waals surface area (Å²) in [6, 6.07) is 9.23. The first kappa shape index (κ1) is 15.5. The van der Waals surface area contributed by atoms with Crippen molar-refractivity contribution in [2.45, 2.75) is 24.1 Å². The largest absolute Gasteiger partial charge is 0.445 e. The van der Waals surface area contributed by atoms with Crippen LogP contribution in [0.1, 0.15) is 12.0 Å². The number of amides is 1. The fourth-order valence-electron chi connectivity index (χ4n) is 2.13. The molecule has 112 valence electrons. The molecule has 8 heteroatoms. The van der Waals surface area contributed by atoms with Crippen molar-refractivity contribution in [2.24, 2.45) is 5.11 Å². The molecule has 0 saturated carbocycles. The van der Waals surface area contributed by atoms with Gasteiger partial charge in [-0.3, -0.25) is 0 Å². The van der Waals surface area contributed by atoms with Crippen molar-refractivity contribution in [3.8, 4) is 0 Å². The molecule has 0 aliphatic carbocycles. The molecule has 0 N–H and O–H groups in total. The smallest absolute Gasteiger partial charge is 0.410 e. The summed E-state index contributed by atoms with van der Waals surface area (Å²) in [5.74, 6) is 0. The number of likely N-dealkylation sites (tertiary alicyclic amines) is 1. The molecular formula is C13H15FN4O2S. The Hall–Kier alpha value is -1.92. The van der Waals surface area contributed by atoms with Gasteiger partial charge in [0, 0.05) is 17.9 Å². The number of carbonyl (C=O) groups is 1. The van der Waals surface area contributed by atoms with Crippen LogP contribution in [0.3, 0.4) is 0 Å². The summed E-state index contributed by atoms with van der Waals surface area (Å²) in [7, 11) is 0. The van der Waals surface area contributed by atoms with E-state index in [4.69, 9.17) is 10.3 Å². The monoisotopic (exact) mass is 310 g/mol. The zero-order valence-electron chi connectivity index (χ0n) is 11.2.